The van der Waals surface area contributed by atoms with E-state index in [4.69, 9.17) is 17.2 Å². The molecule has 0 fully saturated rings. The Bertz CT molecular complexity index is 749. The Labute approximate surface area is 202 Å². The number of carboxylic acids is 1. The van der Waals surface area contributed by atoms with Crippen molar-refractivity contribution in [3.8, 4) is 0 Å². The van der Waals surface area contributed by atoms with Gasteiger partial charge in [-0.15, -0.1) is 0 Å². The minimum atomic E-state index is -1.25. The van der Waals surface area contributed by atoms with Crippen LogP contribution in [0.3, 0.4) is 0 Å². The first-order chi connectivity index (χ1) is 15.8. The van der Waals surface area contributed by atoms with Gasteiger partial charge in [-0.05, 0) is 37.2 Å². The van der Waals surface area contributed by atoms with E-state index in [-0.39, 0.29) is 32.1 Å². The van der Waals surface area contributed by atoms with Crippen molar-refractivity contribution in [3.63, 3.8) is 0 Å². The van der Waals surface area contributed by atoms with Crippen molar-refractivity contribution >= 4 is 47.3 Å². The van der Waals surface area contributed by atoms with Crippen molar-refractivity contribution in [1.29, 1.82) is 0 Å². The highest BCUT2D eigenvalue weighted by molar-refractivity contribution is 7.98. The minimum Gasteiger partial charge on any atom is -0.480 e. The first-order valence-electron chi connectivity index (χ1n) is 10.7. The van der Waals surface area contributed by atoms with Crippen LogP contribution in [0.4, 0.5) is 0 Å². The summed E-state index contributed by atoms with van der Waals surface area (Å²) in [6.45, 7) is 3.30. The van der Waals surface area contributed by atoms with Gasteiger partial charge in [0.1, 0.15) is 18.1 Å². The van der Waals surface area contributed by atoms with Crippen LogP contribution in [0.15, 0.2) is 0 Å². The smallest absolute Gasteiger partial charge is 0.326 e. The molecule has 10 N–H and O–H groups in total. The third kappa shape index (κ3) is 12.4. The second-order valence-corrected chi connectivity index (χ2v) is 9.07. The molecule has 4 atom stereocenters. The number of nitrogens with one attached hydrogen (secondary N) is 3. The number of carboxylic acid groups (broad SMARTS) is 1. The molecule has 13 nitrogen and oxygen atoms in total. The van der Waals surface area contributed by atoms with Gasteiger partial charge in [-0.1, -0.05) is 13.8 Å². The Kier molecular flexibility index (Phi) is 14.5. The maximum Gasteiger partial charge on any atom is 0.326 e. The van der Waals surface area contributed by atoms with E-state index >= 15 is 0 Å². The fraction of sp³-hybridized carbons (Fsp3) is 0.700. The van der Waals surface area contributed by atoms with Crippen LogP contribution < -0.4 is 33.2 Å². The van der Waals surface area contributed by atoms with Crippen molar-refractivity contribution in [2.45, 2.75) is 70.1 Å². The summed E-state index contributed by atoms with van der Waals surface area (Å²) in [5, 5.41) is 16.7. The standard InChI is InChI=1S/C20H36N6O7S/c1-10(2)16(19(31)25-13(20(32)33)8-9-34-3)26-18(30)12(5-7-15(23)28)24-17(29)11(21)4-6-14(22)27/h10-13,16H,4-9,21H2,1-3H3,(H2,22,27)(H2,23,28)(H,24,29)(H,25,31)(H,26,30)(H,32,33). The predicted molar refractivity (Wildman–Crippen MR) is 126 cm³/mol. The van der Waals surface area contributed by atoms with Gasteiger partial charge in [0.2, 0.25) is 29.5 Å². The molecule has 0 aromatic heterocycles. The largest absolute Gasteiger partial charge is 0.480 e. The van der Waals surface area contributed by atoms with Gasteiger partial charge < -0.3 is 38.3 Å². The molecule has 0 saturated carbocycles. The molecule has 0 radical (unpaired) electrons. The molecule has 0 spiro atoms. The zero-order chi connectivity index (χ0) is 26.4. The molecule has 0 aliphatic heterocycles. The SMILES string of the molecule is CSCCC(NC(=O)C(NC(=O)C(CCC(N)=O)NC(=O)C(N)CCC(N)=O)C(C)C)C(=O)O. The summed E-state index contributed by atoms with van der Waals surface area (Å²) in [7, 11) is 0. The Morgan fingerprint density at radius 2 is 1.32 bits per heavy atom. The van der Waals surface area contributed by atoms with Crippen LogP contribution in [-0.4, -0.2) is 76.8 Å². The van der Waals surface area contributed by atoms with Crippen LogP contribution in [0.1, 0.15) is 46.0 Å². The molecule has 4 unspecified atom stereocenters. The monoisotopic (exact) mass is 504 g/mol. The highest BCUT2D eigenvalue weighted by atomic mass is 32.2. The van der Waals surface area contributed by atoms with Crippen LogP contribution in [0, 0.1) is 5.92 Å². The molecule has 5 amide bonds. The topological polar surface area (TPSA) is 237 Å². The zero-order valence-electron chi connectivity index (χ0n) is 19.7. The van der Waals surface area contributed by atoms with E-state index in [0.29, 0.717) is 5.75 Å². The first-order valence-corrected chi connectivity index (χ1v) is 12.1. The molecule has 14 heteroatoms. The van der Waals surface area contributed by atoms with E-state index in [2.05, 4.69) is 16.0 Å². The lowest BCUT2D eigenvalue weighted by atomic mass is 10.0. The highest BCUT2D eigenvalue weighted by Gasteiger charge is 2.32. The average Bonchev–Trinajstić information content (AvgIpc) is 2.74. The van der Waals surface area contributed by atoms with Gasteiger partial charge in [-0.3, -0.25) is 24.0 Å². The molecule has 0 aromatic rings. The van der Waals surface area contributed by atoms with Gasteiger partial charge in [-0.2, -0.15) is 11.8 Å². The van der Waals surface area contributed by atoms with Crippen LogP contribution in [0.5, 0.6) is 0 Å². The number of thioether (sulfide) groups is 1. The summed E-state index contributed by atoms with van der Waals surface area (Å²) in [5.41, 5.74) is 15.9. The van der Waals surface area contributed by atoms with Gasteiger partial charge in [0.25, 0.3) is 0 Å². The molecule has 0 aromatic carbocycles. The molecule has 194 valence electrons. The van der Waals surface area contributed by atoms with E-state index in [1.54, 1.807) is 20.1 Å². The summed E-state index contributed by atoms with van der Waals surface area (Å²) in [6.07, 6.45) is 1.43. The van der Waals surface area contributed by atoms with Crippen molar-refractivity contribution in [1.82, 2.24) is 16.0 Å². The van der Waals surface area contributed by atoms with Crippen molar-refractivity contribution < 1.29 is 33.9 Å². The fourth-order valence-electron chi connectivity index (χ4n) is 2.81. The number of aliphatic carboxylic acids is 1. The Morgan fingerprint density at radius 3 is 1.79 bits per heavy atom. The average molecular weight is 505 g/mol. The van der Waals surface area contributed by atoms with Gasteiger partial charge >= 0.3 is 5.97 Å². The third-order valence-corrected chi connectivity index (χ3v) is 5.47. The molecule has 0 aliphatic carbocycles. The Balaban J connectivity index is 5.43. The van der Waals surface area contributed by atoms with Crippen molar-refractivity contribution in [2.75, 3.05) is 12.0 Å². The van der Waals surface area contributed by atoms with E-state index in [1.807, 2.05) is 0 Å². The van der Waals surface area contributed by atoms with Crippen molar-refractivity contribution in [3.05, 3.63) is 0 Å². The lowest BCUT2D eigenvalue weighted by Gasteiger charge is -2.27. The van der Waals surface area contributed by atoms with E-state index in [1.165, 1.54) is 11.8 Å². The van der Waals surface area contributed by atoms with E-state index < -0.39 is 65.6 Å². The van der Waals surface area contributed by atoms with Crippen LogP contribution >= 0.6 is 11.8 Å². The number of amides is 5. The summed E-state index contributed by atoms with van der Waals surface area (Å²) in [5.74, 6) is -4.70. The van der Waals surface area contributed by atoms with Crippen LogP contribution in [0.25, 0.3) is 0 Å². The summed E-state index contributed by atoms with van der Waals surface area (Å²) in [4.78, 5) is 71.6. The van der Waals surface area contributed by atoms with Crippen LogP contribution in [0.2, 0.25) is 0 Å². The summed E-state index contributed by atoms with van der Waals surface area (Å²) < 4.78 is 0. The van der Waals surface area contributed by atoms with Crippen LogP contribution in [-0.2, 0) is 28.8 Å². The normalized spacial score (nSPS) is 14.4. The number of hydrogen-bond donors (Lipinski definition) is 7. The number of carbonyl (C=O) groups excluding carboxylic acids is 5. The second kappa shape index (κ2) is 15.9. The zero-order valence-corrected chi connectivity index (χ0v) is 20.5. The lowest BCUT2D eigenvalue weighted by Crippen LogP contribution is -2.58. The molecule has 0 rings (SSSR count). The molecular weight excluding hydrogens is 468 g/mol. The summed E-state index contributed by atoms with van der Waals surface area (Å²) >= 11 is 1.43. The van der Waals surface area contributed by atoms with Crippen molar-refractivity contribution in [2.24, 2.45) is 23.1 Å². The minimum absolute atomic E-state index is 0.0467. The predicted octanol–water partition coefficient (Wildman–Crippen LogP) is -2.21. The molecule has 0 saturated heterocycles. The lowest BCUT2D eigenvalue weighted by molar-refractivity contribution is -0.142. The van der Waals surface area contributed by atoms with Gasteiger partial charge in [0.15, 0.2) is 0 Å². The molecular formula is C20H36N6O7S. The number of primary amides is 2. The third-order valence-electron chi connectivity index (χ3n) is 4.82. The number of carbonyl (C=O) groups is 6. The Morgan fingerprint density at radius 1 is 0.794 bits per heavy atom. The number of nitrogens with two attached hydrogens (primary N) is 3. The quantitative estimate of drug-likeness (QED) is 0.113. The number of rotatable bonds is 17. The van der Waals surface area contributed by atoms with Gasteiger partial charge in [0.05, 0.1) is 6.04 Å². The highest BCUT2D eigenvalue weighted by Crippen LogP contribution is 2.08. The fourth-order valence-corrected chi connectivity index (χ4v) is 3.28. The van der Waals surface area contributed by atoms with Gasteiger partial charge in [-0.25, -0.2) is 4.79 Å². The molecule has 0 aliphatic rings. The molecule has 34 heavy (non-hydrogen) atoms. The number of hydrogen-bond acceptors (Lipinski definition) is 8. The first kappa shape index (κ1) is 31.1. The molecule has 0 bridgehead atoms. The molecule has 0 heterocycles. The second-order valence-electron chi connectivity index (χ2n) is 8.09. The maximum absolute atomic E-state index is 12.9. The maximum atomic E-state index is 12.9. The summed E-state index contributed by atoms with van der Waals surface area (Å²) in [6, 6.07) is -4.62. The Hall–Kier alpha value is -2.87. The van der Waals surface area contributed by atoms with Gasteiger partial charge in [0, 0.05) is 12.8 Å². The van der Waals surface area contributed by atoms with E-state index in [9.17, 15) is 33.9 Å². The van der Waals surface area contributed by atoms with E-state index in [0.717, 1.165) is 0 Å².